The Bertz CT molecular complexity index is 455. The monoisotopic (exact) mass is 308 g/mol. The summed E-state index contributed by atoms with van der Waals surface area (Å²) in [5, 5.41) is 3.02. The quantitative estimate of drug-likeness (QED) is 0.843. The van der Waals surface area contributed by atoms with Crippen molar-refractivity contribution in [1.29, 1.82) is 0 Å². The number of carbonyl (C=O) groups is 1. The summed E-state index contributed by atoms with van der Waals surface area (Å²) in [6.07, 6.45) is 4.50. The minimum atomic E-state index is -0.0853. The molecule has 0 bridgehead atoms. The van der Waals surface area contributed by atoms with Crippen molar-refractivity contribution in [3.05, 3.63) is 46.5 Å². The molecule has 2 rings (SSSR count). The third kappa shape index (κ3) is 3.21. The smallest absolute Gasteiger partial charge is 0.227 e. The van der Waals surface area contributed by atoms with E-state index in [1.54, 1.807) is 0 Å². The van der Waals surface area contributed by atoms with Crippen LogP contribution in [0, 0.1) is 5.92 Å². The van der Waals surface area contributed by atoms with E-state index in [0.717, 1.165) is 10.0 Å². The highest BCUT2D eigenvalue weighted by Gasteiger charge is 2.23. The summed E-state index contributed by atoms with van der Waals surface area (Å²) in [6.45, 7) is 1.99. The van der Waals surface area contributed by atoms with E-state index in [1.165, 1.54) is 0 Å². The fourth-order valence-electron chi connectivity index (χ4n) is 2.08. The standard InChI is InChI=1S/C14H17BrN2O/c1-9(10-2-5-12(15)6-3-10)17-14(18)11-4-7-13(16)8-11/h2-7,9,11,13H,8,16H2,1H3,(H,17,18). The van der Waals surface area contributed by atoms with Crippen LogP contribution in [0.3, 0.4) is 0 Å². The molecule has 0 saturated carbocycles. The van der Waals surface area contributed by atoms with Crippen LogP contribution < -0.4 is 11.1 Å². The molecule has 1 amide bonds. The van der Waals surface area contributed by atoms with Crippen LogP contribution in [0.15, 0.2) is 40.9 Å². The van der Waals surface area contributed by atoms with Crippen molar-refractivity contribution in [3.8, 4) is 0 Å². The number of rotatable bonds is 3. The molecule has 4 heteroatoms. The molecule has 3 unspecified atom stereocenters. The second-order valence-electron chi connectivity index (χ2n) is 4.67. The van der Waals surface area contributed by atoms with Gasteiger partial charge in [0.1, 0.15) is 0 Å². The Morgan fingerprint density at radius 3 is 2.61 bits per heavy atom. The van der Waals surface area contributed by atoms with Crippen molar-refractivity contribution in [3.63, 3.8) is 0 Å². The maximum absolute atomic E-state index is 12.0. The number of halogens is 1. The van der Waals surface area contributed by atoms with Crippen molar-refractivity contribution in [2.45, 2.75) is 25.4 Å². The largest absolute Gasteiger partial charge is 0.349 e. The number of benzene rings is 1. The predicted molar refractivity (Wildman–Crippen MR) is 75.9 cm³/mol. The van der Waals surface area contributed by atoms with E-state index in [9.17, 15) is 4.79 Å². The normalized spacial score (nSPS) is 23.9. The van der Waals surface area contributed by atoms with Gasteiger partial charge in [0.25, 0.3) is 0 Å². The van der Waals surface area contributed by atoms with Gasteiger partial charge in [0.15, 0.2) is 0 Å². The fraction of sp³-hybridized carbons (Fsp3) is 0.357. The zero-order chi connectivity index (χ0) is 13.1. The first kappa shape index (κ1) is 13.3. The first-order valence-electron chi connectivity index (χ1n) is 6.06. The zero-order valence-electron chi connectivity index (χ0n) is 10.3. The highest BCUT2D eigenvalue weighted by atomic mass is 79.9. The maximum atomic E-state index is 12.0. The van der Waals surface area contributed by atoms with Gasteiger partial charge in [-0.15, -0.1) is 0 Å². The molecule has 0 fully saturated rings. The second kappa shape index (κ2) is 5.67. The Labute approximate surface area is 116 Å². The molecule has 0 spiro atoms. The molecule has 1 aliphatic rings. The molecular formula is C14H17BrN2O. The van der Waals surface area contributed by atoms with Crippen LogP contribution in [-0.2, 0) is 4.79 Å². The van der Waals surface area contributed by atoms with Crippen molar-refractivity contribution < 1.29 is 4.79 Å². The Hall–Kier alpha value is -1.13. The number of nitrogens with two attached hydrogens (primary N) is 1. The van der Waals surface area contributed by atoms with E-state index < -0.39 is 0 Å². The lowest BCUT2D eigenvalue weighted by Gasteiger charge is -2.17. The van der Waals surface area contributed by atoms with Gasteiger partial charge in [-0.2, -0.15) is 0 Å². The number of carbonyl (C=O) groups excluding carboxylic acids is 1. The van der Waals surface area contributed by atoms with Crippen LogP contribution in [0.5, 0.6) is 0 Å². The van der Waals surface area contributed by atoms with Crippen molar-refractivity contribution in [1.82, 2.24) is 5.32 Å². The minimum absolute atomic E-state index is 0.0100. The second-order valence-corrected chi connectivity index (χ2v) is 5.59. The van der Waals surface area contributed by atoms with Crippen molar-refractivity contribution >= 4 is 21.8 Å². The van der Waals surface area contributed by atoms with E-state index in [2.05, 4.69) is 21.2 Å². The molecule has 18 heavy (non-hydrogen) atoms. The number of nitrogens with one attached hydrogen (secondary N) is 1. The Morgan fingerprint density at radius 2 is 2.06 bits per heavy atom. The average molecular weight is 309 g/mol. The van der Waals surface area contributed by atoms with Crippen LogP contribution in [0.4, 0.5) is 0 Å². The fourth-order valence-corrected chi connectivity index (χ4v) is 2.34. The molecule has 0 heterocycles. The highest BCUT2D eigenvalue weighted by molar-refractivity contribution is 9.10. The molecule has 3 atom stereocenters. The summed E-state index contributed by atoms with van der Waals surface area (Å²) in [5.74, 6) is -0.0347. The molecule has 96 valence electrons. The van der Waals surface area contributed by atoms with Gasteiger partial charge in [-0.1, -0.05) is 40.2 Å². The van der Waals surface area contributed by atoms with E-state index in [1.807, 2.05) is 43.3 Å². The van der Waals surface area contributed by atoms with Crippen LogP contribution >= 0.6 is 15.9 Å². The van der Waals surface area contributed by atoms with Crippen LogP contribution in [0.2, 0.25) is 0 Å². The number of amides is 1. The van der Waals surface area contributed by atoms with Crippen LogP contribution in [0.1, 0.15) is 24.9 Å². The van der Waals surface area contributed by atoms with Gasteiger partial charge < -0.3 is 11.1 Å². The van der Waals surface area contributed by atoms with Gasteiger partial charge in [-0.25, -0.2) is 0 Å². The summed E-state index contributed by atoms with van der Waals surface area (Å²) in [4.78, 5) is 12.0. The Morgan fingerprint density at radius 1 is 1.39 bits per heavy atom. The molecule has 1 aliphatic carbocycles. The first-order chi connectivity index (χ1) is 8.56. The van der Waals surface area contributed by atoms with Gasteiger partial charge in [-0.05, 0) is 31.0 Å². The number of hydrogen-bond donors (Lipinski definition) is 2. The van der Waals surface area contributed by atoms with Gasteiger partial charge in [0.05, 0.1) is 12.0 Å². The van der Waals surface area contributed by atoms with E-state index in [-0.39, 0.29) is 23.9 Å². The average Bonchev–Trinajstić information content (AvgIpc) is 2.76. The zero-order valence-corrected chi connectivity index (χ0v) is 11.9. The molecule has 0 saturated heterocycles. The Balaban J connectivity index is 1.95. The summed E-state index contributed by atoms with van der Waals surface area (Å²) >= 11 is 3.40. The van der Waals surface area contributed by atoms with E-state index >= 15 is 0 Å². The minimum Gasteiger partial charge on any atom is -0.349 e. The summed E-state index contributed by atoms with van der Waals surface area (Å²) in [7, 11) is 0. The van der Waals surface area contributed by atoms with Crippen molar-refractivity contribution in [2.24, 2.45) is 11.7 Å². The lowest BCUT2D eigenvalue weighted by molar-refractivity contribution is -0.124. The lowest BCUT2D eigenvalue weighted by atomic mass is 10.0. The molecule has 3 nitrogen and oxygen atoms in total. The van der Waals surface area contributed by atoms with E-state index in [0.29, 0.717) is 6.42 Å². The van der Waals surface area contributed by atoms with Crippen LogP contribution in [-0.4, -0.2) is 11.9 Å². The van der Waals surface area contributed by atoms with Gasteiger partial charge in [0.2, 0.25) is 5.91 Å². The predicted octanol–water partition coefficient (Wildman–Crippen LogP) is 2.53. The topological polar surface area (TPSA) is 55.1 Å². The number of hydrogen-bond acceptors (Lipinski definition) is 2. The third-order valence-electron chi connectivity index (χ3n) is 3.18. The molecule has 0 aliphatic heterocycles. The van der Waals surface area contributed by atoms with Gasteiger partial charge >= 0.3 is 0 Å². The summed E-state index contributed by atoms with van der Waals surface area (Å²) < 4.78 is 1.04. The first-order valence-corrected chi connectivity index (χ1v) is 6.85. The SMILES string of the molecule is CC(NC(=O)C1C=CC(N)C1)c1ccc(Br)cc1. The van der Waals surface area contributed by atoms with Gasteiger partial charge in [0, 0.05) is 10.5 Å². The van der Waals surface area contributed by atoms with Crippen molar-refractivity contribution in [2.75, 3.05) is 0 Å². The van der Waals surface area contributed by atoms with Crippen LogP contribution in [0.25, 0.3) is 0 Å². The molecule has 0 aromatic heterocycles. The molecule has 0 radical (unpaired) electrons. The van der Waals surface area contributed by atoms with E-state index in [4.69, 9.17) is 5.73 Å². The lowest BCUT2D eigenvalue weighted by Crippen LogP contribution is -2.32. The van der Waals surface area contributed by atoms with Gasteiger partial charge in [-0.3, -0.25) is 4.79 Å². The summed E-state index contributed by atoms with van der Waals surface area (Å²) in [5.41, 5.74) is 6.84. The molecule has 3 N–H and O–H groups in total. The highest BCUT2D eigenvalue weighted by Crippen LogP contribution is 2.20. The maximum Gasteiger partial charge on any atom is 0.227 e. The third-order valence-corrected chi connectivity index (χ3v) is 3.71. The molecular weight excluding hydrogens is 292 g/mol. The summed E-state index contributed by atoms with van der Waals surface area (Å²) in [6, 6.07) is 7.99. The molecule has 1 aromatic carbocycles. The molecule has 1 aromatic rings. The Kier molecular flexibility index (Phi) is 4.19.